The van der Waals surface area contributed by atoms with Crippen LogP contribution < -0.4 is 5.73 Å². The highest BCUT2D eigenvalue weighted by atomic mass is 35.5. The monoisotopic (exact) mass is 215 g/mol. The Morgan fingerprint density at radius 1 is 1.50 bits per heavy atom. The Kier molecular flexibility index (Phi) is 3.89. The van der Waals surface area contributed by atoms with E-state index in [4.69, 9.17) is 22.4 Å². The van der Waals surface area contributed by atoms with E-state index in [1.54, 1.807) is 25.1 Å². The topological polar surface area (TPSA) is 66.5 Å². The Hall–Kier alpha value is -0.610. The first-order valence-corrected chi connectivity index (χ1v) is 4.77. The lowest BCUT2D eigenvalue weighted by atomic mass is 9.98. The summed E-state index contributed by atoms with van der Waals surface area (Å²) in [4.78, 5) is 0. The van der Waals surface area contributed by atoms with Crippen molar-refractivity contribution in [2.24, 2.45) is 5.73 Å². The van der Waals surface area contributed by atoms with Crippen LogP contribution in [0.4, 0.5) is 0 Å². The fraction of sp³-hybridized carbons (Fsp3) is 0.400. The van der Waals surface area contributed by atoms with Crippen LogP contribution >= 0.6 is 11.6 Å². The summed E-state index contributed by atoms with van der Waals surface area (Å²) in [6.07, 6.45) is -0.668. The standard InChI is InChI=1S/C10H14ClNO2/c1-6(14)10(12)9-4-8(11)3-2-7(9)5-13/h2-4,6,10,13-14H,5,12H2,1H3/t6-,10+/m1/s1. The minimum atomic E-state index is -0.668. The highest BCUT2D eigenvalue weighted by Crippen LogP contribution is 2.23. The van der Waals surface area contributed by atoms with Crippen LogP contribution in [0.1, 0.15) is 24.1 Å². The van der Waals surface area contributed by atoms with Gasteiger partial charge in [-0.1, -0.05) is 17.7 Å². The van der Waals surface area contributed by atoms with Gasteiger partial charge in [-0.05, 0) is 30.2 Å². The molecule has 0 unspecified atom stereocenters. The number of hydrogen-bond donors (Lipinski definition) is 3. The normalized spacial score (nSPS) is 15.2. The molecule has 78 valence electrons. The van der Waals surface area contributed by atoms with Gasteiger partial charge < -0.3 is 15.9 Å². The van der Waals surface area contributed by atoms with E-state index in [0.717, 1.165) is 0 Å². The summed E-state index contributed by atoms with van der Waals surface area (Å²) in [6.45, 7) is 1.50. The zero-order valence-corrected chi connectivity index (χ0v) is 8.70. The number of hydrogen-bond acceptors (Lipinski definition) is 3. The van der Waals surface area contributed by atoms with E-state index in [9.17, 15) is 5.11 Å². The Labute approximate surface area is 88.1 Å². The lowest BCUT2D eigenvalue weighted by Crippen LogP contribution is -2.24. The Balaban J connectivity index is 3.10. The van der Waals surface area contributed by atoms with Crippen LogP contribution in [-0.2, 0) is 6.61 Å². The molecule has 3 nitrogen and oxygen atoms in total. The molecule has 0 saturated carbocycles. The molecule has 0 amide bonds. The predicted octanol–water partition coefficient (Wildman–Crippen LogP) is 1.21. The first-order valence-electron chi connectivity index (χ1n) is 4.39. The molecule has 4 heteroatoms. The molecule has 0 aliphatic heterocycles. The van der Waals surface area contributed by atoms with Gasteiger partial charge in [-0.15, -0.1) is 0 Å². The third kappa shape index (κ3) is 2.45. The molecule has 0 radical (unpaired) electrons. The van der Waals surface area contributed by atoms with E-state index in [1.807, 2.05) is 0 Å². The maximum absolute atomic E-state index is 9.34. The fourth-order valence-corrected chi connectivity index (χ4v) is 1.46. The minimum absolute atomic E-state index is 0.104. The van der Waals surface area contributed by atoms with Gasteiger partial charge in [-0.3, -0.25) is 0 Å². The fourth-order valence-electron chi connectivity index (χ4n) is 1.28. The van der Waals surface area contributed by atoms with Crippen LogP contribution in [0.25, 0.3) is 0 Å². The second-order valence-corrected chi connectivity index (χ2v) is 3.70. The van der Waals surface area contributed by atoms with Crippen molar-refractivity contribution in [3.8, 4) is 0 Å². The van der Waals surface area contributed by atoms with E-state index >= 15 is 0 Å². The summed E-state index contributed by atoms with van der Waals surface area (Å²) in [5.41, 5.74) is 7.15. The highest BCUT2D eigenvalue weighted by Gasteiger charge is 2.15. The molecule has 0 heterocycles. The molecule has 2 atom stereocenters. The molecule has 0 saturated heterocycles. The molecule has 1 aromatic rings. The molecule has 0 aliphatic rings. The van der Waals surface area contributed by atoms with Gasteiger partial charge in [0.2, 0.25) is 0 Å². The zero-order chi connectivity index (χ0) is 10.7. The van der Waals surface area contributed by atoms with Crippen LogP contribution in [0, 0.1) is 0 Å². The predicted molar refractivity (Wildman–Crippen MR) is 56.0 cm³/mol. The quantitative estimate of drug-likeness (QED) is 0.710. The van der Waals surface area contributed by atoms with Crippen molar-refractivity contribution in [3.63, 3.8) is 0 Å². The third-order valence-electron chi connectivity index (χ3n) is 2.16. The van der Waals surface area contributed by atoms with Crippen molar-refractivity contribution in [3.05, 3.63) is 34.3 Å². The summed E-state index contributed by atoms with van der Waals surface area (Å²) in [5, 5.41) is 18.9. The van der Waals surface area contributed by atoms with Gasteiger partial charge >= 0.3 is 0 Å². The van der Waals surface area contributed by atoms with Crippen LogP contribution in [0.3, 0.4) is 0 Å². The SMILES string of the molecule is C[C@@H](O)[C@H](N)c1cc(Cl)ccc1CO. The average Bonchev–Trinajstić information content (AvgIpc) is 2.16. The van der Waals surface area contributed by atoms with E-state index in [1.165, 1.54) is 0 Å². The molecule has 0 aliphatic carbocycles. The Morgan fingerprint density at radius 3 is 2.64 bits per heavy atom. The summed E-state index contributed by atoms with van der Waals surface area (Å²) < 4.78 is 0. The lowest BCUT2D eigenvalue weighted by Gasteiger charge is -2.18. The molecule has 0 spiro atoms. The second-order valence-electron chi connectivity index (χ2n) is 3.27. The maximum Gasteiger partial charge on any atom is 0.0704 e. The molecular formula is C10H14ClNO2. The summed E-state index contributed by atoms with van der Waals surface area (Å²) >= 11 is 5.80. The largest absolute Gasteiger partial charge is 0.392 e. The lowest BCUT2D eigenvalue weighted by molar-refractivity contribution is 0.163. The van der Waals surface area contributed by atoms with Gasteiger partial charge in [0.1, 0.15) is 0 Å². The number of nitrogens with two attached hydrogens (primary N) is 1. The summed E-state index contributed by atoms with van der Waals surface area (Å²) in [7, 11) is 0. The number of halogens is 1. The van der Waals surface area contributed by atoms with Crippen LogP contribution in [0.2, 0.25) is 5.02 Å². The number of aliphatic hydroxyl groups is 2. The number of rotatable bonds is 3. The molecule has 1 aromatic carbocycles. The smallest absolute Gasteiger partial charge is 0.0704 e. The van der Waals surface area contributed by atoms with E-state index in [0.29, 0.717) is 16.1 Å². The van der Waals surface area contributed by atoms with Crippen LogP contribution in [0.15, 0.2) is 18.2 Å². The van der Waals surface area contributed by atoms with E-state index in [-0.39, 0.29) is 6.61 Å². The van der Waals surface area contributed by atoms with Crippen molar-refractivity contribution in [1.82, 2.24) is 0 Å². The Morgan fingerprint density at radius 2 is 2.14 bits per heavy atom. The van der Waals surface area contributed by atoms with Crippen LogP contribution in [0.5, 0.6) is 0 Å². The molecule has 0 bridgehead atoms. The highest BCUT2D eigenvalue weighted by molar-refractivity contribution is 6.30. The van der Waals surface area contributed by atoms with E-state index in [2.05, 4.69) is 0 Å². The maximum atomic E-state index is 9.34. The van der Waals surface area contributed by atoms with Crippen molar-refractivity contribution in [2.75, 3.05) is 0 Å². The average molecular weight is 216 g/mol. The molecular weight excluding hydrogens is 202 g/mol. The first-order chi connectivity index (χ1) is 6.56. The van der Waals surface area contributed by atoms with Crippen molar-refractivity contribution < 1.29 is 10.2 Å². The molecule has 0 fully saturated rings. The van der Waals surface area contributed by atoms with Crippen LogP contribution in [-0.4, -0.2) is 16.3 Å². The third-order valence-corrected chi connectivity index (χ3v) is 2.39. The summed E-state index contributed by atoms with van der Waals surface area (Å²) in [5.74, 6) is 0. The zero-order valence-electron chi connectivity index (χ0n) is 7.94. The molecule has 4 N–H and O–H groups in total. The van der Waals surface area contributed by atoms with Gasteiger partial charge in [0.15, 0.2) is 0 Å². The Bertz CT molecular complexity index is 315. The number of aliphatic hydroxyl groups excluding tert-OH is 2. The van der Waals surface area contributed by atoms with Gasteiger partial charge in [0.05, 0.1) is 18.8 Å². The number of benzene rings is 1. The van der Waals surface area contributed by atoms with Crippen molar-refractivity contribution >= 4 is 11.6 Å². The van der Waals surface area contributed by atoms with Gasteiger partial charge in [0, 0.05) is 5.02 Å². The van der Waals surface area contributed by atoms with Gasteiger partial charge in [-0.25, -0.2) is 0 Å². The molecule has 14 heavy (non-hydrogen) atoms. The minimum Gasteiger partial charge on any atom is -0.392 e. The molecule has 0 aromatic heterocycles. The molecule has 1 rings (SSSR count). The summed E-state index contributed by atoms with van der Waals surface area (Å²) in [6, 6.07) is 4.55. The van der Waals surface area contributed by atoms with Crippen molar-refractivity contribution in [2.45, 2.75) is 25.7 Å². The van der Waals surface area contributed by atoms with E-state index < -0.39 is 12.1 Å². The van der Waals surface area contributed by atoms with Gasteiger partial charge in [0.25, 0.3) is 0 Å². The van der Waals surface area contributed by atoms with Gasteiger partial charge in [-0.2, -0.15) is 0 Å². The van der Waals surface area contributed by atoms with Crippen molar-refractivity contribution in [1.29, 1.82) is 0 Å². The first kappa shape index (κ1) is 11.5. The second kappa shape index (κ2) is 4.75.